The molecule has 0 unspecified atom stereocenters. The van der Waals surface area contributed by atoms with Crippen molar-refractivity contribution >= 4 is 39.0 Å². The molecule has 0 radical (unpaired) electrons. The maximum absolute atomic E-state index is 11.0. The number of hydrogen-bond acceptors (Lipinski definition) is 2. The second-order valence-electron chi connectivity index (χ2n) is 2.41. The van der Waals surface area contributed by atoms with E-state index in [9.17, 15) is 4.79 Å². The van der Waals surface area contributed by atoms with Crippen molar-refractivity contribution in [3.63, 3.8) is 0 Å². The number of carbonyl (C=O) groups excluding carboxylic acids is 1. The third-order valence-electron chi connectivity index (χ3n) is 1.44. The van der Waals surface area contributed by atoms with Crippen LogP contribution in [0.5, 0.6) is 0 Å². The fourth-order valence-electron chi connectivity index (χ4n) is 0.867. The van der Waals surface area contributed by atoms with Crippen molar-refractivity contribution in [2.75, 3.05) is 5.73 Å². The van der Waals surface area contributed by atoms with Gasteiger partial charge in [-0.3, -0.25) is 4.79 Å². The number of nitrogens with two attached hydrogens (primary N) is 1. The Hall–Kier alpha value is -0.540. The minimum atomic E-state index is -0.0592. The Balaban J connectivity index is 3.37. The van der Waals surface area contributed by atoms with E-state index < -0.39 is 0 Å². The molecule has 0 atom stereocenters. The molecule has 0 heterocycles. The Bertz CT molecular complexity index is 338. The number of Topliss-reactive ketones (excluding diaryl/α,β-unsaturated/α-hetero) is 1. The minimum Gasteiger partial charge on any atom is -0.398 e. The summed E-state index contributed by atoms with van der Waals surface area (Å²) in [6.45, 7) is 1.47. The maximum Gasteiger partial charge on any atom is 0.161 e. The summed E-state index contributed by atoms with van der Waals surface area (Å²) in [6, 6.07) is 3.18. The molecule has 12 heavy (non-hydrogen) atoms. The SMILES string of the molecule is CC(=O)c1cc(Cl)cc(N)c1Br. The first-order valence-corrected chi connectivity index (χ1v) is 4.45. The third kappa shape index (κ3) is 1.79. The van der Waals surface area contributed by atoms with Gasteiger partial charge >= 0.3 is 0 Å². The summed E-state index contributed by atoms with van der Waals surface area (Å²) in [5.41, 5.74) is 6.57. The van der Waals surface area contributed by atoms with Crippen molar-refractivity contribution < 1.29 is 4.79 Å². The zero-order chi connectivity index (χ0) is 9.30. The molecule has 0 bridgehead atoms. The van der Waals surface area contributed by atoms with Crippen molar-refractivity contribution in [3.05, 3.63) is 27.2 Å². The maximum atomic E-state index is 11.0. The van der Waals surface area contributed by atoms with Crippen LogP contribution in [0.25, 0.3) is 0 Å². The number of benzene rings is 1. The van der Waals surface area contributed by atoms with Crippen LogP contribution in [0.3, 0.4) is 0 Å². The van der Waals surface area contributed by atoms with Gasteiger partial charge in [0.25, 0.3) is 0 Å². The molecule has 0 aliphatic carbocycles. The lowest BCUT2D eigenvalue weighted by Crippen LogP contribution is -1.97. The van der Waals surface area contributed by atoms with Gasteiger partial charge in [-0.2, -0.15) is 0 Å². The van der Waals surface area contributed by atoms with Crippen molar-refractivity contribution in [2.24, 2.45) is 0 Å². The van der Waals surface area contributed by atoms with Crippen LogP contribution in [0.2, 0.25) is 5.02 Å². The molecule has 64 valence electrons. The van der Waals surface area contributed by atoms with Gasteiger partial charge in [0.2, 0.25) is 0 Å². The number of ketones is 1. The summed E-state index contributed by atoms with van der Waals surface area (Å²) in [6.07, 6.45) is 0. The van der Waals surface area contributed by atoms with Gasteiger partial charge in [-0.15, -0.1) is 0 Å². The van der Waals surface area contributed by atoms with Crippen LogP contribution in [-0.4, -0.2) is 5.78 Å². The van der Waals surface area contributed by atoms with Crippen molar-refractivity contribution in [1.82, 2.24) is 0 Å². The molecule has 0 aromatic heterocycles. The number of carbonyl (C=O) groups is 1. The normalized spacial score (nSPS) is 9.92. The largest absolute Gasteiger partial charge is 0.398 e. The zero-order valence-corrected chi connectivity index (χ0v) is 8.74. The van der Waals surface area contributed by atoms with Gasteiger partial charge in [-0.25, -0.2) is 0 Å². The molecule has 0 fully saturated rings. The van der Waals surface area contributed by atoms with Gasteiger partial charge in [0.05, 0.1) is 4.47 Å². The highest BCUT2D eigenvalue weighted by Crippen LogP contribution is 2.28. The molecule has 2 N–H and O–H groups in total. The van der Waals surface area contributed by atoms with E-state index in [4.69, 9.17) is 17.3 Å². The van der Waals surface area contributed by atoms with E-state index in [1.54, 1.807) is 12.1 Å². The Morgan fingerprint density at radius 3 is 2.67 bits per heavy atom. The van der Waals surface area contributed by atoms with Crippen molar-refractivity contribution in [1.29, 1.82) is 0 Å². The van der Waals surface area contributed by atoms with E-state index in [2.05, 4.69) is 15.9 Å². The second-order valence-corrected chi connectivity index (χ2v) is 3.64. The molecule has 0 saturated heterocycles. The summed E-state index contributed by atoms with van der Waals surface area (Å²) in [4.78, 5) is 11.0. The molecule has 0 spiro atoms. The van der Waals surface area contributed by atoms with E-state index in [1.807, 2.05) is 0 Å². The van der Waals surface area contributed by atoms with Crippen LogP contribution in [0.15, 0.2) is 16.6 Å². The van der Waals surface area contributed by atoms with Gasteiger partial charge < -0.3 is 5.73 Å². The third-order valence-corrected chi connectivity index (χ3v) is 2.55. The molecule has 1 rings (SSSR count). The number of nitrogen functional groups attached to an aromatic ring is 1. The van der Waals surface area contributed by atoms with Gasteiger partial charge in [0, 0.05) is 16.3 Å². The highest BCUT2D eigenvalue weighted by molar-refractivity contribution is 9.10. The molecule has 1 aromatic rings. The molecular weight excluding hydrogens is 241 g/mol. The predicted octanol–water partition coefficient (Wildman–Crippen LogP) is 2.89. The van der Waals surface area contributed by atoms with Gasteiger partial charge in [0.1, 0.15) is 0 Å². The highest BCUT2D eigenvalue weighted by Gasteiger charge is 2.08. The standard InChI is InChI=1S/C8H7BrClNO/c1-4(12)6-2-5(10)3-7(11)8(6)9/h2-3H,11H2,1H3. The van der Waals surface area contributed by atoms with Crippen LogP contribution >= 0.6 is 27.5 Å². The Morgan fingerprint density at radius 2 is 2.17 bits per heavy atom. The molecule has 0 aliphatic rings. The molecule has 0 aliphatic heterocycles. The van der Waals surface area contributed by atoms with Crippen molar-refractivity contribution in [2.45, 2.75) is 6.92 Å². The first-order valence-electron chi connectivity index (χ1n) is 3.28. The summed E-state index contributed by atoms with van der Waals surface area (Å²) in [7, 11) is 0. The van der Waals surface area contributed by atoms with Crippen LogP contribution in [0.1, 0.15) is 17.3 Å². The topological polar surface area (TPSA) is 43.1 Å². The Labute approximate surface area is 83.8 Å². The summed E-state index contributed by atoms with van der Waals surface area (Å²) in [5, 5.41) is 0.473. The fourth-order valence-corrected chi connectivity index (χ4v) is 1.60. The lowest BCUT2D eigenvalue weighted by molar-refractivity contribution is 0.101. The molecule has 0 saturated carbocycles. The highest BCUT2D eigenvalue weighted by atomic mass is 79.9. The minimum absolute atomic E-state index is 0.0592. The Kier molecular flexibility index (Phi) is 2.75. The predicted molar refractivity (Wildman–Crippen MR) is 53.6 cm³/mol. The lowest BCUT2D eigenvalue weighted by Gasteiger charge is -2.03. The van der Waals surface area contributed by atoms with Crippen molar-refractivity contribution in [3.8, 4) is 0 Å². The average molecular weight is 249 g/mol. The molecule has 4 heteroatoms. The zero-order valence-electron chi connectivity index (χ0n) is 6.40. The van der Waals surface area contributed by atoms with Gasteiger partial charge in [0.15, 0.2) is 5.78 Å². The van der Waals surface area contributed by atoms with E-state index in [-0.39, 0.29) is 5.78 Å². The smallest absolute Gasteiger partial charge is 0.161 e. The number of anilines is 1. The van der Waals surface area contributed by atoms with Crippen LogP contribution in [0, 0.1) is 0 Å². The second kappa shape index (κ2) is 3.46. The summed E-state index contributed by atoms with van der Waals surface area (Å²) < 4.78 is 0.611. The first-order chi connectivity index (χ1) is 5.52. The van der Waals surface area contributed by atoms with E-state index in [1.165, 1.54) is 6.92 Å². The molecule has 1 aromatic carbocycles. The van der Waals surface area contributed by atoms with Crippen LogP contribution in [0.4, 0.5) is 5.69 Å². The number of rotatable bonds is 1. The van der Waals surface area contributed by atoms with E-state index >= 15 is 0 Å². The van der Waals surface area contributed by atoms with Gasteiger partial charge in [-0.1, -0.05) is 11.6 Å². The molecule has 0 amide bonds. The average Bonchev–Trinajstić information content (AvgIpc) is 1.96. The summed E-state index contributed by atoms with van der Waals surface area (Å²) in [5.74, 6) is -0.0592. The van der Waals surface area contributed by atoms with Crippen LogP contribution < -0.4 is 5.73 Å². The van der Waals surface area contributed by atoms with E-state index in [0.717, 1.165) is 0 Å². The monoisotopic (exact) mass is 247 g/mol. The quantitative estimate of drug-likeness (QED) is 0.613. The fraction of sp³-hybridized carbons (Fsp3) is 0.125. The number of hydrogen-bond donors (Lipinski definition) is 1. The first kappa shape index (κ1) is 9.55. The van der Waals surface area contributed by atoms with Crippen LogP contribution in [-0.2, 0) is 0 Å². The summed E-state index contributed by atoms with van der Waals surface area (Å²) >= 11 is 8.92. The Morgan fingerprint density at radius 1 is 1.58 bits per heavy atom. The lowest BCUT2D eigenvalue weighted by atomic mass is 10.1. The molecular formula is C8H7BrClNO. The van der Waals surface area contributed by atoms with E-state index in [0.29, 0.717) is 20.7 Å². The number of halogens is 2. The van der Waals surface area contributed by atoms with Gasteiger partial charge in [-0.05, 0) is 35.0 Å². The molecule has 2 nitrogen and oxygen atoms in total.